The maximum absolute atomic E-state index is 5.79. The maximum atomic E-state index is 5.79. The molecule has 0 spiro atoms. The lowest BCUT2D eigenvalue weighted by molar-refractivity contribution is 0.397. The molecule has 0 amide bonds. The molecule has 2 N–H and O–H groups in total. The van der Waals surface area contributed by atoms with Gasteiger partial charge in [0.25, 0.3) is 0 Å². The molecule has 128 valence electrons. The van der Waals surface area contributed by atoms with Crippen LogP contribution >= 0.6 is 0 Å². The smallest absolute Gasteiger partial charge is 0.225 e. The van der Waals surface area contributed by atoms with Crippen molar-refractivity contribution >= 4 is 17.5 Å². The third kappa shape index (κ3) is 3.15. The number of para-hydroxylation sites is 2. The van der Waals surface area contributed by atoms with Gasteiger partial charge in [0.05, 0.1) is 19.9 Å². The van der Waals surface area contributed by atoms with Crippen molar-refractivity contribution in [1.29, 1.82) is 0 Å². The molecule has 1 atom stereocenters. The Balaban J connectivity index is 1.79. The average molecular weight is 329 g/mol. The molecular formula is C17H23N5O2. The van der Waals surface area contributed by atoms with Crippen molar-refractivity contribution in [2.24, 2.45) is 0 Å². The quantitative estimate of drug-likeness (QED) is 0.916. The molecule has 1 aliphatic heterocycles. The third-order valence-corrected chi connectivity index (χ3v) is 4.26. The molecular weight excluding hydrogens is 306 g/mol. The van der Waals surface area contributed by atoms with Gasteiger partial charge in [-0.15, -0.1) is 0 Å². The fourth-order valence-corrected chi connectivity index (χ4v) is 3.09. The summed E-state index contributed by atoms with van der Waals surface area (Å²) in [5.41, 5.74) is 6.90. The monoisotopic (exact) mass is 329 g/mol. The van der Waals surface area contributed by atoms with Crippen LogP contribution in [0.1, 0.15) is 6.92 Å². The lowest BCUT2D eigenvalue weighted by Crippen LogP contribution is -2.52. The molecule has 2 heterocycles. The fraction of sp³-hybridized carbons (Fsp3) is 0.412. The normalized spacial score (nSPS) is 17.7. The Labute approximate surface area is 142 Å². The average Bonchev–Trinajstić information content (AvgIpc) is 2.60. The molecule has 3 rings (SSSR count). The zero-order chi connectivity index (χ0) is 17.1. The molecule has 1 aromatic heterocycles. The summed E-state index contributed by atoms with van der Waals surface area (Å²) in [5, 5.41) is 0. The van der Waals surface area contributed by atoms with E-state index in [1.54, 1.807) is 14.2 Å². The minimum absolute atomic E-state index is 0.226. The number of rotatable bonds is 4. The van der Waals surface area contributed by atoms with Gasteiger partial charge in [0.2, 0.25) is 11.8 Å². The van der Waals surface area contributed by atoms with E-state index in [1.807, 2.05) is 24.3 Å². The van der Waals surface area contributed by atoms with Crippen molar-refractivity contribution in [3.63, 3.8) is 0 Å². The molecule has 1 saturated heterocycles. The van der Waals surface area contributed by atoms with Crippen LogP contribution in [0.3, 0.4) is 0 Å². The first-order valence-corrected chi connectivity index (χ1v) is 7.95. The van der Waals surface area contributed by atoms with Gasteiger partial charge in [-0.1, -0.05) is 12.1 Å². The lowest BCUT2D eigenvalue weighted by atomic mass is 10.1. The van der Waals surface area contributed by atoms with E-state index in [2.05, 4.69) is 32.8 Å². The van der Waals surface area contributed by atoms with Gasteiger partial charge in [-0.3, -0.25) is 0 Å². The van der Waals surface area contributed by atoms with Crippen LogP contribution < -0.4 is 25.0 Å². The molecule has 1 aliphatic rings. The van der Waals surface area contributed by atoms with Crippen molar-refractivity contribution in [1.82, 2.24) is 9.97 Å². The van der Waals surface area contributed by atoms with Crippen LogP contribution in [0.4, 0.5) is 17.5 Å². The van der Waals surface area contributed by atoms with Gasteiger partial charge in [-0.25, -0.2) is 0 Å². The predicted molar refractivity (Wildman–Crippen MR) is 95.0 cm³/mol. The predicted octanol–water partition coefficient (Wildman–Crippen LogP) is 1.79. The van der Waals surface area contributed by atoms with Gasteiger partial charge < -0.3 is 25.0 Å². The SMILES string of the molecule is COc1cc(N2CCN(c3ccccc3OC)C[C@H]2C)nc(N)n1. The summed E-state index contributed by atoms with van der Waals surface area (Å²) in [6.45, 7) is 4.74. The van der Waals surface area contributed by atoms with Crippen molar-refractivity contribution in [3.8, 4) is 11.6 Å². The number of hydrogen-bond donors (Lipinski definition) is 1. The zero-order valence-corrected chi connectivity index (χ0v) is 14.3. The number of nitrogens with zero attached hydrogens (tertiary/aromatic N) is 4. The van der Waals surface area contributed by atoms with Crippen LogP contribution in [0.15, 0.2) is 30.3 Å². The summed E-state index contributed by atoms with van der Waals surface area (Å²) < 4.78 is 10.7. The Morgan fingerprint density at radius 2 is 1.92 bits per heavy atom. The van der Waals surface area contributed by atoms with E-state index < -0.39 is 0 Å². The molecule has 0 bridgehead atoms. The second-order valence-corrected chi connectivity index (χ2v) is 5.79. The van der Waals surface area contributed by atoms with Gasteiger partial charge in [-0.05, 0) is 19.1 Å². The third-order valence-electron chi connectivity index (χ3n) is 4.26. The molecule has 24 heavy (non-hydrogen) atoms. The summed E-state index contributed by atoms with van der Waals surface area (Å²) in [6.07, 6.45) is 0. The maximum Gasteiger partial charge on any atom is 0.225 e. The molecule has 0 unspecified atom stereocenters. The van der Waals surface area contributed by atoms with Gasteiger partial charge in [0.15, 0.2) is 0 Å². The first-order chi connectivity index (χ1) is 11.6. The Bertz CT molecular complexity index is 709. The first-order valence-electron chi connectivity index (χ1n) is 7.95. The van der Waals surface area contributed by atoms with E-state index in [4.69, 9.17) is 15.2 Å². The van der Waals surface area contributed by atoms with Crippen molar-refractivity contribution in [2.45, 2.75) is 13.0 Å². The summed E-state index contributed by atoms with van der Waals surface area (Å²) in [6, 6.07) is 10.2. The number of methoxy groups -OCH3 is 2. The number of anilines is 3. The molecule has 1 aromatic carbocycles. The molecule has 0 saturated carbocycles. The highest BCUT2D eigenvalue weighted by molar-refractivity contribution is 5.60. The van der Waals surface area contributed by atoms with E-state index in [0.29, 0.717) is 5.88 Å². The highest BCUT2D eigenvalue weighted by atomic mass is 16.5. The Morgan fingerprint density at radius 3 is 2.62 bits per heavy atom. The van der Waals surface area contributed by atoms with E-state index in [1.165, 1.54) is 0 Å². The molecule has 7 heteroatoms. The Morgan fingerprint density at radius 1 is 1.12 bits per heavy atom. The van der Waals surface area contributed by atoms with Crippen molar-refractivity contribution in [2.75, 3.05) is 49.4 Å². The Hall–Kier alpha value is -2.70. The number of aromatic nitrogens is 2. The molecule has 7 nitrogen and oxygen atoms in total. The van der Waals surface area contributed by atoms with E-state index in [9.17, 15) is 0 Å². The minimum atomic E-state index is 0.226. The second kappa shape index (κ2) is 6.82. The van der Waals surface area contributed by atoms with E-state index >= 15 is 0 Å². The van der Waals surface area contributed by atoms with Gasteiger partial charge in [0, 0.05) is 31.7 Å². The van der Waals surface area contributed by atoms with Gasteiger partial charge >= 0.3 is 0 Å². The summed E-state index contributed by atoms with van der Waals surface area (Å²) in [4.78, 5) is 13.0. The topological polar surface area (TPSA) is 76.7 Å². The number of benzene rings is 1. The van der Waals surface area contributed by atoms with Crippen molar-refractivity contribution < 1.29 is 9.47 Å². The first kappa shape index (κ1) is 16.2. The highest BCUT2D eigenvalue weighted by Crippen LogP contribution is 2.31. The van der Waals surface area contributed by atoms with Crippen LogP contribution in [0.5, 0.6) is 11.6 Å². The van der Waals surface area contributed by atoms with E-state index in [0.717, 1.165) is 36.9 Å². The lowest BCUT2D eigenvalue weighted by Gasteiger charge is -2.42. The highest BCUT2D eigenvalue weighted by Gasteiger charge is 2.27. The number of nitrogens with two attached hydrogens (primary N) is 1. The molecule has 0 aliphatic carbocycles. The number of ether oxygens (including phenoxy) is 2. The standard InChI is InChI=1S/C17H23N5O2/c1-12-11-21(13-6-4-5-7-14(13)23-2)8-9-22(12)15-10-16(24-3)20-17(18)19-15/h4-7,10,12H,8-9,11H2,1-3H3,(H2,18,19,20)/t12-/m1/s1. The van der Waals surface area contributed by atoms with Crippen LogP contribution in [0, 0.1) is 0 Å². The zero-order valence-electron chi connectivity index (χ0n) is 14.3. The molecule has 1 fully saturated rings. The number of nitrogen functional groups attached to an aromatic ring is 1. The summed E-state index contributed by atoms with van der Waals surface area (Å²) in [7, 11) is 3.28. The van der Waals surface area contributed by atoms with E-state index in [-0.39, 0.29) is 12.0 Å². The second-order valence-electron chi connectivity index (χ2n) is 5.79. The molecule has 0 radical (unpaired) electrons. The largest absolute Gasteiger partial charge is 0.495 e. The summed E-state index contributed by atoms with van der Waals surface area (Å²) >= 11 is 0. The van der Waals surface area contributed by atoms with Gasteiger partial charge in [0.1, 0.15) is 11.6 Å². The Kier molecular flexibility index (Phi) is 4.59. The minimum Gasteiger partial charge on any atom is -0.495 e. The van der Waals surface area contributed by atoms with Crippen molar-refractivity contribution in [3.05, 3.63) is 30.3 Å². The number of piperazine rings is 1. The van der Waals surface area contributed by atoms with Crippen LogP contribution in [0.2, 0.25) is 0 Å². The van der Waals surface area contributed by atoms with Crippen LogP contribution in [-0.2, 0) is 0 Å². The van der Waals surface area contributed by atoms with Crippen LogP contribution in [0.25, 0.3) is 0 Å². The van der Waals surface area contributed by atoms with Gasteiger partial charge in [-0.2, -0.15) is 9.97 Å². The fourth-order valence-electron chi connectivity index (χ4n) is 3.09. The number of hydrogen-bond acceptors (Lipinski definition) is 7. The van der Waals surface area contributed by atoms with Crippen LogP contribution in [-0.4, -0.2) is 49.9 Å². The summed E-state index contributed by atoms with van der Waals surface area (Å²) in [5.74, 6) is 2.40. The molecule has 2 aromatic rings.